The van der Waals surface area contributed by atoms with Crippen LogP contribution in [0.2, 0.25) is 0 Å². The van der Waals surface area contributed by atoms with E-state index in [-0.39, 0.29) is 18.8 Å². The second-order valence-corrected chi connectivity index (χ2v) is 5.91. The van der Waals surface area contributed by atoms with Gasteiger partial charge in [-0.2, -0.15) is 0 Å². The maximum Gasteiger partial charge on any atom is 0.203 e. The lowest BCUT2D eigenvalue weighted by molar-refractivity contribution is -0.333. The molecule has 6 N–H and O–H groups in total. The fourth-order valence-corrected chi connectivity index (χ4v) is 3.60. The van der Waals surface area contributed by atoms with Gasteiger partial charge in [0.15, 0.2) is 11.2 Å². The highest BCUT2D eigenvalue weighted by atomic mass is 16.6. The molecule has 0 aromatic heterocycles. The molecule has 0 amide bonds. The largest absolute Gasteiger partial charge is 0.381 e. The van der Waals surface area contributed by atoms with Crippen molar-refractivity contribution < 1.29 is 30.6 Å². The molecular formula is C12H22O6. The summed E-state index contributed by atoms with van der Waals surface area (Å²) in [6.45, 7) is 3.09. The van der Waals surface area contributed by atoms with Crippen LogP contribution in [0.4, 0.5) is 0 Å². The summed E-state index contributed by atoms with van der Waals surface area (Å²) < 4.78 is 0. The van der Waals surface area contributed by atoms with Gasteiger partial charge in [-0.25, -0.2) is 0 Å². The number of rotatable bonds is 1. The first-order valence-electron chi connectivity index (χ1n) is 6.39. The highest BCUT2D eigenvalue weighted by Gasteiger charge is 2.81. The summed E-state index contributed by atoms with van der Waals surface area (Å²) in [5.74, 6) is -6.94. The predicted molar refractivity (Wildman–Crippen MR) is 61.0 cm³/mol. The highest BCUT2D eigenvalue weighted by Crippen LogP contribution is 2.60. The first kappa shape index (κ1) is 14.2. The lowest BCUT2D eigenvalue weighted by Gasteiger charge is -2.50. The lowest BCUT2D eigenvalue weighted by Crippen LogP contribution is -2.69. The molecule has 2 aliphatic carbocycles. The molecule has 0 heterocycles. The molecule has 0 aromatic carbocycles. The van der Waals surface area contributed by atoms with Crippen molar-refractivity contribution in [3.63, 3.8) is 0 Å². The van der Waals surface area contributed by atoms with Crippen molar-refractivity contribution in [3.05, 3.63) is 0 Å². The van der Waals surface area contributed by atoms with E-state index in [1.165, 1.54) is 6.92 Å². The van der Waals surface area contributed by atoms with Crippen LogP contribution in [0.5, 0.6) is 0 Å². The van der Waals surface area contributed by atoms with E-state index in [1.807, 2.05) is 6.92 Å². The smallest absolute Gasteiger partial charge is 0.203 e. The third-order valence-electron chi connectivity index (χ3n) is 5.19. The van der Waals surface area contributed by atoms with Gasteiger partial charge in [0.25, 0.3) is 0 Å². The topological polar surface area (TPSA) is 121 Å². The summed E-state index contributed by atoms with van der Waals surface area (Å²) in [6, 6.07) is 0. The Morgan fingerprint density at radius 1 is 0.944 bits per heavy atom. The molecule has 6 nitrogen and oxygen atoms in total. The van der Waals surface area contributed by atoms with Crippen LogP contribution in [0, 0.1) is 11.8 Å². The summed E-state index contributed by atoms with van der Waals surface area (Å²) in [5, 5.41) is 61.1. The Hall–Kier alpha value is -0.240. The van der Waals surface area contributed by atoms with Gasteiger partial charge in [-0.05, 0) is 25.2 Å². The highest BCUT2D eigenvalue weighted by molar-refractivity contribution is 5.25. The maximum atomic E-state index is 10.5. The molecule has 106 valence electrons. The molecule has 2 fully saturated rings. The monoisotopic (exact) mass is 262 g/mol. The van der Waals surface area contributed by atoms with Crippen LogP contribution in [0.25, 0.3) is 0 Å². The van der Waals surface area contributed by atoms with E-state index in [0.717, 1.165) is 0 Å². The second kappa shape index (κ2) is 3.65. The second-order valence-electron chi connectivity index (χ2n) is 5.91. The van der Waals surface area contributed by atoms with Gasteiger partial charge in [0.1, 0.15) is 0 Å². The SMILES string of the molecule is CCC1CC[C@@]2(O)C(O)(O)[C@@H](C)C(O)(O)[C@@]2(O)C1. The molecule has 0 radical (unpaired) electrons. The van der Waals surface area contributed by atoms with Gasteiger partial charge in [0.05, 0.1) is 5.92 Å². The first-order valence-corrected chi connectivity index (χ1v) is 6.39. The van der Waals surface area contributed by atoms with Crippen LogP contribution < -0.4 is 0 Å². The number of aliphatic hydroxyl groups is 6. The Balaban J connectivity index is 2.53. The van der Waals surface area contributed by atoms with Gasteiger partial charge in [-0.15, -0.1) is 0 Å². The van der Waals surface area contributed by atoms with Crippen molar-refractivity contribution in [2.75, 3.05) is 0 Å². The van der Waals surface area contributed by atoms with Gasteiger partial charge >= 0.3 is 0 Å². The maximum absolute atomic E-state index is 10.5. The molecule has 0 spiro atoms. The van der Waals surface area contributed by atoms with Crippen LogP contribution in [-0.2, 0) is 0 Å². The van der Waals surface area contributed by atoms with Crippen molar-refractivity contribution in [1.29, 1.82) is 0 Å². The summed E-state index contributed by atoms with van der Waals surface area (Å²) in [4.78, 5) is 0. The molecule has 0 saturated heterocycles. The average molecular weight is 262 g/mol. The summed E-state index contributed by atoms with van der Waals surface area (Å²) >= 11 is 0. The molecule has 6 heteroatoms. The summed E-state index contributed by atoms with van der Waals surface area (Å²) in [6.07, 6.45) is 1.07. The van der Waals surface area contributed by atoms with Crippen LogP contribution >= 0.6 is 0 Å². The van der Waals surface area contributed by atoms with Crippen LogP contribution in [-0.4, -0.2) is 53.4 Å². The zero-order valence-corrected chi connectivity index (χ0v) is 10.7. The molecule has 2 rings (SSSR count). The molecule has 4 atom stereocenters. The van der Waals surface area contributed by atoms with Gasteiger partial charge in [-0.1, -0.05) is 20.3 Å². The molecule has 2 saturated carbocycles. The Morgan fingerprint density at radius 3 is 1.94 bits per heavy atom. The van der Waals surface area contributed by atoms with Gasteiger partial charge in [-0.3, -0.25) is 0 Å². The van der Waals surface area contributed by atoms with E-state index in [0.29, 0.717) is 12.8 Å². The molecule has 2 aliphatic rings. The van der Waals surface area contributed by atoms with Gasteiger partial charge in [0, 0.05) is 0 Å². The fourth-order valence-electron chi connectivity index (χ4n) is 3.60. The fraction of sp³-hybridized carbons (Fsp3) is 1.00. The van der Waals surface area contributed by atoms with Crippen LogP contribution in [0.15, 0.2) is 0 Å². The number of fused-ring (bicyclic) bond motifs is 1. The quantitative estimate of drug-likeness (QED) is 0.326. The molecule has 18 heavy (non-hydrogen) atoms. The third kappa shape index (κ3) is 1.28. The average Bonchev–Trinajstić information content (AvgIpc) is 2.37. The number of hydrogen-bond acceptors (Lipinski definition) is 6. The van der Waals surface area contributed by atoms with Crippen LogP contribution in [0.3, 0.4) is 0 Å². The van der Waals surface area contributed by atoms with Crippen molar-refractivity contribution in [1.82, 2.24) is 0 Å². The molecule has 1 unspecified atom stereocenters. The van der Waals surface area contributed by atoms with Crippen molar-refractivity contribution in [2.45, 2.75) is 62.3 Å². The van der Waals surface area contributed by atoms with E-state index < -0.39 is 28.7 Å². The van der Waals surface area contributed by atoms with Gasteiger partial charge in [0.2, 0.25) is 11.6 Å². The Kier molecular flexibility index (Phi) is 2.88. The summed E-state index contributed by atoms with van der Waals surface area (Å²) in [5.41, 5.74) is -4.66. The summed E-state index contributed by atoms with van der Waals surface area (Å²) in [7, 11) is 0. The zero-order valence-electron chi connectivity index (χ0n) is 10.7. The molecule has 0 bridgehead atoms. The van der Waals surface area contributed by atoms with E-state index in [4.69, 9.17) is 0 Å². The minimum absolute atomic E-state index is 0.00931. The Bertz CT molecular complexity index is 354. The van der Waals surface area contributed by atoms with E-state index in [9.17, 15) is 30.6 Å². The van der Waals surface area contributed by atoms with Crippen molar-refractivity contribution in [3.8, 4) is 0 Å². The molecular weight excluding hydrogens is 240 g/mol. The third-order valence-corrected chi connectivity index (χ3v) is 5.19. The Labute approximate surface area is 106 Å². The van der Waals surface area contributed by atoms with E-state index in [1.54, 1.807) is 0 Å². The predicted octanol–water partition coefficient (Wildman–Crippen LogP) is -1.33. The lowest BCUT2D eigenvalue weighted by atomic mass is 9.66. The molecule has 0 aromatic rings. The van der Waals surface area contributed by atoms with E-state index >= 15 is 0 Å². The first-order chi connectivity index (χ1) is 8.04. The van der Waals surface area contributed by atoms with Crippen LogP contribution in [0.1, 0.15) is 39.5 Å². The minimum atomic E-state index is -2.74. The van der Waals surface area contributed by atoms with E-state index in [2.05, 4.69) is 0 Å². The number of hydrogen-bond donors (Lipinski definition) is 6. The normalized spacial score (nSPS) is 50.0. The zero-order chi connectivity index (χ0) is 14.0. The van der Waals surface area contributed by atoms with Crippen molar-refractivity contribution >= 4 is 0 Å². The molecule has 0 aliphatic heterocycles. The minimum Gasteiger partial charge on any atom is -0.381 e. The van der Waals surface area contributed by atoms with Crippen molar-refractivity contribution in [2.24, 2.45) is 11.8 Å². The van der Waals surface area contributed by atoms with Gasteiger partial charge < -0.3 is 30.6 Å². The standard InChI is InChI=1S/C12H22O6/c1-3-8-4-5-9(13)10(14,6-8)12(17,18)7(2)11(9,15)16/h7-8,13-18H,3-6H2,1-2H3/t7-,8?,9+,10-/m1/s1. The Morgan fingerprint density at radius 2 is 1.44 bits per heavy atom.